The molecular weight excluding hydrogens is 176 g/mol. The van der Waals surface area contributed by atoms with Gasteiger partial charge in [-0.2, -0.15) is 0 Å². The molecule has 0 radical (unpaired) electrons. The number of likely N-dealkylation sites (N-methyl/N-ethyl adjacent to an activating group) is 1. The van der Waals surface area contributed by atoms with Gasteiger partial charge in [-0.05, 0) is 14.0 Å². The monoisotopic (exact) mass is 194 g/mol. The molecule has 1 aromatic rings. The summed E-state index contributed by atoms with van der Waals surface area (Å²) < 4.78 is 0. The zero-order valence-corrected chi connectivity index (χ0v) is 8.95. The van der Waals surface area contributed by atoms with Crippen LogP contribution in [0.25, 0.3) is 0 Å². The molecule has 0 spiro atoms. The molecule has 0 aromatic carbocycles. The Hall–Kier alpha value is -0.870. The van der Waals surface area contributed by atoms with E-state index >= 15 is 0 Å². The number of hydrogen-bond donors (Lipinski definition) is 1. The van der Waals surface area contributed by atoms with Crippen LogP contribution in [0.4, 0.5) is 0 Å². The van der Waals surface area contributed by atoms with Crippen LogP contribution in [0.3, 0.4) is 0 Å². The van der Waals surface area contributed by atoms with E-state index in [-0.39, 0.29) is 0 Å². The molecule has 78 valence electrons. The van der Waals surface area contributed by atoms with Crippen LogP contribution in [-0.2, 0) is 6.54 Å². The third-order valence-electron chi connectivity index (χ3n) is 2.72. The number of nitrogens with one attached hydrogen (secondary N) is 1. The number of piperazine rings is 1. The predicted molar refractivity (Wildman–Crippen MR) is 56.1 cm³/mol. The highest BCUT2D eigenvalue weighted by atomic mass is 15.3. The van der Waals surface area contributed by atoms with E-state index in [0.717, 1.165) is 31.2 Å². The van der Waals surface area contributed by atoms with Crippen LogP contribution in [0.5, 0.6) is 0 Å². The smallest absolute Gasteiger partial charge is 0.120 e. The lowest BCUT2D eigenvalue weighted by molar-refractivity contribution is 0.145. The lowest BCUT2D eigenvalue weighted by atomic mass is 10.3. The number of imidazole rings is 1. The van der Waals surface area contributed by atoms with E-state index in [4.69, 9.17) is 0 Å². The van der Waals surface area contributed by atoms with Crippen LogP contribution in [0.15, 0.2) is 6.20 Å². The quantitative estimate of drug-likeness (QED) is 0.743. The maximum atomic E-state index is 4.32. The van der Waals surface area contributed by atoms with Gasteiger partial charge in [-0.25, -0.2) is 4.98 Å². The Morgan fingerprint density at radius 1 is 1.36 bits per heavy atom. The van der Waals surface area contributed by atoms with E-state index in [1.54, 1.807) is 0 Å². The third kappa shape index (κ3) is 2.33. The minimum absolute atomic E-state index is 0.960. The van der Waals surface area contributed by atoms with E-state index in [2.05, 4.69) is 26.8 Å². The van der Waals surface area contributed by atoms with Crippen LogP contribution in [-0.4, -0.2) is 53.0 Å². The molecule has 1 fully saturated rings. The number of aromatic nitrogens is 2. The van der Waals surface area contributed by atoms with Crippen LogP contribution in [0.1, 0.15) is 11.5 Å². The topological polar surface area (TPSA) is 35.2 Å². The number of H-pyrrole nitrogens is 1. The van der Waals surface area contributed by atoms with E-state index in [1.807, 2.05) is 13.1 Å². The van der Waals surface area contributed by atoms with Crippen molar-refractivity contribution in [2.45, 2.75) is 13.5 Å². The number of aromatic amines is 1. The fourth-order valence-electron chi connectivity index (χ4n) is 1.77. The summed E-state index contributed by atoms with van der Waals surface area (Å²) in [6.07, 6.45) is 1.89. The summed E-state index contributed by atoms with van der Waals surface area (Å²) in [4.78, 5) is 12.4. The molecule has 1 N–H and O–H groups in total. The van der Waals surface area contributed by atoms with Crippen molar-refractivity contribution in [3.63, 3.8) is 0 Å². The highest BCUT2D eigenvalue weighted by Gasteiger charge is 2.14. The van der Waals surface area contributed by atoms with Gasteiger partial charge < -0.3 is 9.88 Å². The lowest BCUT2D eigenvalue weighted by Crippen LogP contribution is -2.44. The Kier molecular flexibility index (Phi) is 2.84. The van der Waals surface area contributed by atoms with Crippen molar-refractivity contribution in [3.05, 3.63) is 17.7 Å². The standard InChI is InChI=1S/C10H18N4/c1-9-7-11-10(12-9)8-14-5-3-13(2)4-6-14/h7H,3-6,8H2,1-2H3,(H,11,12). The first-order valence-electron chi connectivity index (χ1n) is 5.15. The summed E-state index contributed by atoms with van der Waals surface area (Å²) in [5.41, 5.74) is 1.15. The predicted octanol–water partition coefficient (Wildman–Crippen LogP) is 0.466. The zero-order valence-electron chi connectivity index (χ0n) is 8.95. The SMILES string of the molecule is Cc1cnc(CN2CCN(C)CC2)[nH]1. The van der Waals surface area contributed by atoms with Crippen LogP contribution < -0.4 is 0 Å². The normalized spacial score (nSPS) is 20.1. The Morgan fingerprint density at radius 3 is 2.64 bits per heavy atom. The van der Waals surface area contributed by atoms with Crippen molar-refractivity contribution >= 4 is 0 Å². The average Bonchev–Trinajstić information content (AvgIpc) is 2.56. The summed E-state index contributed by atoms with van der Waals surface area (Å²) in [6.45, 7) is 7.63. The first-order valence-corrected chi connectivity index (χ1v) is 5.15. The second-order valence-electron chi connectivity index (χ2n) is 4.09. The maximum absolute atomic E-state index is 4.32. The summed E-state index contributed by atoms with van der Waals surface area (Å²) in [7, 11) is 2.17. The molecule has 2 rings (SSSR count). The van der Waals surface area contributed by atoms with Gasteiger partial charge >= 0.3 is 0 Å². The maximum Gasteiger partial charge on any atom is 0.120 e. The zero-order chi connectivity index (χ0) is 9.97. The van der Waals surface area contributed by atoms with E-state index in [9.17, 15) is 0 Å². The number of aryl methyl sites for hydroxylation is 1. The minimum Gasteiger partial charge on any atom is -0.345 e. The molecule has 0 aliphatic carbocycles. The molecule has 0 atom stereocenters. The molecule has 1 saturated heterocycles. The minimum atomic E-state index is 0.960. The van der Waals surface area contributed by atoms with Crippen molar-refractivity contribution < 1.29 is 0 Å². The molecule has 14 heavy (non-hydrogen) atoms. The second-order valence-corrected chi connectivity index (χ2v) is 4.09. The fraction of sp³-hybridized carbons (Fsp3) is 0.700. The van der Waals surface area contributed by atoms with E-state index in [1.165, 1.54) is 13.1 Å². The molecule has 4 nitrogen and oxygen atoms in total. The van der Waals surface area contributed by atoms with Crippen molar-refractivity contribution in [3.8, 4) is 0 Å². The lowest BCUT2D eigenvalue weighted by Gasteiger charge is -2.31. The summed E-state index contributed by atoms with van der Waals surface area (Å²) in [6, 6.07) is 0. The molecular formula is C10H18N4. The third-order valence-corrected chi connectivity index (χ3v) is 2.72. The molecule has 0 saturated carbocycles. The Balaban J connectivity index is 1.86. The molecule has 0 bridgehead atoms. The summed E-state index contributed by atoms with van der Waals surface area (Å²) >= 11 is 0. The van der Waals surface area contributed by atoms with Crippen molar-refractivity contribution in [1.29, 1.82) is 0 Å². The second kappa shape index (κ2) is 4.11. The van der Waals surface area contributed by atoms with Gasteiger partial charge in [0.25, 0.3) is 0 Å². The highest BCUT2D eigenvalue weighted by Crippen LogP contribution is 2.04. The van der Waals surface area contributed by atoms with Gasteiger partial charge in [-0.3, -0.25) is 4.90 Å². The Labute approximate surface area is 84.9 Å². The van der Waals surface area contributed by atoms with Gasteiger partial charge in [0.2, 0.25) is 0 Å². The molecule has 2 heterocycles. The Morgan fingerprint density at radius 2 is 2.07 bits per heavy atom. The number of nitrogens with zero attached hydrogens (tertiary/aromatic N) is 3. The fourth-order valence-corrected chi connectivity index (χ4v) is 1.77. The summed E-state index contributed by atoms with van der Waals surface area (Å²) in [5, 5.41) is 0. The largest absolute Gasteiger partial charge is 0.345 e. The first-order chi connectivity index (χ1) is 6.74. The average molecular weight is 194 g/mol. The molecule has 1 aliphatic rings. The molecule has 1 aromatic heterocycles. The number of hydrogen-bond acceptors (Lipinski definition) is 3. The highest BCUT2D eigenvalue weighted by molar-refractivity contribution is 4.98. The van der Waals surface area contributed by atoms with Gasteiger partial charge in [0.1, 0.15) is 5.82 Å². The van der Waals surface area contributed by atoms with Crippen molar-refractivity contribution in [2.24, 2.45) is 0 Å². The van der Waals surface area contributed by atoms with Crippen molar-refractivity contribution in [1.82, 2.24) is 19.8 Å². The van der Waals surface area contributed by atoms with Gasteiger partial charge in [0.05, 0.1) is 6.54 Å². The van der Waals surface area contributed by atoms with Crippen LogP contribution >= 0.6 is 0 Å². The molecule has 0 unspecified atom stereocenters. The number of rotatable bonds is 2. The van der Waals surface area contributed by atoms with E-state index < -0.39 is 0 Å². The molecule has 4 heteroatoms. The van der Waals surface area contributed by atoms with E-state index in [0.29, 0.717) is 0 Å². The summed E-state index contributed by atoms with van der Waals surface area (Å²) in [5.74, 6) is 1.09. The van der Waals surface area contributed by atoms with Gasteiger partial charge in [-0.15, -0.1) is 0 Å². The van der Waals surface area contributed by atoms with Crippen molar-refractivity contribution in [2.75, 3.05) is 33.2 Å². The van der Waals surface area contributed by atoms with Gasteiger partial charge in [0, 0.05) is 38.1 Å². The Bertz CT molecular complexity index is 286. The molecule has 0 amide bonds. The first kappa shape index (κ1) is 9.68. The van der Waals surface area contributed by atoms with Gasteiger partial charge in [-0.1, -0.05) is 0 Å². The van der Waals surface area contributed by atoms with Gasteiger partial charge in [0.15, 0.2) is 0 Å². The molecule has 1 aliphatic heterocycles. The van der Waals surface area contributed by atoms with Crippen LogP contribution in [0, 0.1) is 6.92 Å². The van der Waals surface area contributed by atoms with Crippen LogP contribution in [0.2, 0.25) is 0 Å².